The molecule has 0 saturated heterocycles. The molecule has 0 aromatic heterocycles. The van der Waals surface area contributed by atoms with Gasteiger partial charge >= 0.3 is 0 Å². The van der Waals surface area contributed by atoms with Crippen LogP contribution in [0.1, 0.15) is 53.5 Å². The van der Waals surface area contributed by atoms with Crippen molar-refractivity contribution in [2.75, 3.05) is 5.32 Å². The van der Waals surface area contributed by atoms with E-state index in [1.165, 1.54) is 6.92 Å². The van der Waals surface area contributed by atoms with Crippen molar-refractivity contribution in [3.8, 4) is 0 Å². The van der Waals surface area contributed by atoms with Crippen LogP contribution in [-0.4, -0.2) is 34.6 Å². The Hall–Kier alpha value is -3.48. The normalized spacial score (nSPS) is 14.8. The maximum Gasteiger partial charge on any atom is 0.262 e. The molecule has 156 valence electrons. The van der Waals surface area contributed by atoms with Gasteiger partial charge in [0.25, 0.3) is 11.8 Å². The van der Waals surface area contributed by atoms with Crippen LogP contribution in [0.3, 0.4) is 0 Å². The van der Waals surface area contributed by atoms with Crippen LogP contribution in [0.2, 0.25) is 0 Å². The van der Waals surface area contributed by atoms with E-state index in [0.29, 0.717) is 23.2 Å². The van der Waals surface area contributed by atoms with Gasteiger partial charge in [-0.2, -0.15) is 0 Å². The van der Waals surface area contributed by atoms with E-state index in [-0.39, 0.29) is 24.3 Å². The van der Waals surface area contributed by atoms with Gasteiger partial charge in [-0.05, 0) is 35.7 Å². The second-order valence-corrected chi connectivity index (χ2v) is 7.45. The third-order valence-electron chi connectivity index (χ3n) is 5.30. The van der Waals surface area contributed by atoms with Crippen molar-refractivity contribution in [1.29, 1.82) is 0 Å². The van der Waals surface area contributed by atoms with Crippen molar-refractivity contribution >= 4 is 29.3 Å². The summed E-state index contributed by atoms with van der Waals surface area (Å²) in [6, 6.07) is 12.8. The molecule has 1 aliphatic heterocycles. The molecule has 7 nitrogen and oxygen atoms in total. The lowest BCUT2D eigenvalue weighted by atomic mass is 9.96. The summed E-state index contributed by atoms with van der Waals surface area (Å²) in [7, 11) is 0. The molecule has 2 aromatic carbocycles. The molecule has 0 unspecified atom stereocenters. The summed E-state index contributed by atoms with van der Waals surface area (Å²) < 4.78 is 0. The molecule has 30 heavy (non-hydrogen) atoms. The van der Waals surface area contributed by atoms with Gasteiger partial charge in [0.2, 0.25) is 11.8 Å². The molecule has 0 fully saturated rings. The van der Waals surface area contributed by atoms with E-state index < -0.39 is 17.9 Å². The number of benzene rings is 2. The van der Waals surface area contributed by atoms with E-state index in [9.17, 15) is 19.2 Å². The highest BCUT2D eigenvalue weighted by Crippen LogP contribution is 2.28. The highest BCUT2D eigenvalue weighted by Gasteiger charge is 2.44. The molecular formula is C23H25N3O4. The quantitative estimate of drug-likeness (QED) is 0.690. The van der Waals surface area contributed by atoms with E-state index in [4.69, 9.17) is 0 Å². The van der Waals surface area contributed by atoms with E-state index in [2.05, 4.69) is 10.6 Å². The maximum atomic E-state index is 13.0. The molecule has 0 spiro atoms. The van der Waals surface area contributed by atoms with Crippen molar-refractivity contribution in [3.05, 3.63) is 65.2 Å². The standard InChI is InChI=1S/C23H25N3O4/c1-4-14(2)20(26-22(29)18-7-5-6-8-19(18)23(26)30)21(28)24-13-16-9-11-17(12-10-16)25-15(3)27/h5-12,14,20H,4,13H2,1-3H3,(H,24,28)(H,25,27)/t14-,20-/m0/s1. The Morgan fingerprint density at radius 3 is 2.03 bits per heavy atom. The van der Waals surface area contributed by atoms with Crippen molar-refractivity contribution < 1.29 is 19.2 Å². The Bertz CT molecular complexity index is 949. The third kappa shape index (κ3) is 4.25. The molecule has 2 aromatic rings. The van der Waals surface area contributed by atoms with E-state index in [1.807, 2.05) is 13.8 Å². The molecule has 1 heterocycles. The van der Waals surface area contributed by atoms with Gasteiger partial charge in [-0.3, -0.25) is 24.1 Å². The lowest BCUT2D eigenvalue weighted by molar-refractivity contribution is -0.126. The monoisotopic (exact) mass is 407 g/mol. The zero-order valence-electron chi connectivity index (χ0n) is 17.3. The van der Waals surface area contributed by atoms with Crippen molar-refractivity contribution in [2.24, 2.45) is 5.92 Å². The van der Waals surface area contributed by atoms with Gasteiger partial charge in [-0.15, -0.1) is 0 Å². The Kier molecular flexibility index (Phi) is 6.30. The minimum absolute atomic E-state index is 0.159. The number of carbonyl (C=O) groups is 4. The fourth-order valence-electron chi connectivity index (χ4n) is 3.52. The average Bonchev–Trinajstić information content (AvgIpc) is 2.98. The third-order valence-corrected chi connectivity index (χ3v) is 5.30. The van der Waals surface area contributed by atoms with Gasteiger partial charge < -0.3 is 10.6 Å². The molecule has 2 N–H and O–H groups in total. The minimum Gasteiger partial charge on any atom is -0.350 e. The molecule has 4 amide bonds. The summed E-state index contributed by atoms with van der Waals surface area (Å²) in [5.41, 5.74) is 2.16. The second kappa shape index (κ2) is 8.90. The number of imide groups is 1. The molecule has 3 rings (SSSR count). The number of nitrogens with one attached hydrogen (secondary N) is 2. The highest BCUT2D eigenvalue weighted by atomic mass is 16.2. The number of amides is 4. The summed E-state index contributed by atoms with van der Waals surface area (Å²) in [4.78, 5) is 51.0. The predicted molar refractivity (Wildman–Crippen MR) is 113 cm³/mol. The fraction of sp³-hybridized carbons (Fsp3) is 0.304. The summed E-state index contributed by atoms with van der Waals surface area (Å²) in [5.74, 6) is -1.60. The van der Waals surface area contributed by atoms with E-state index in [0.717, 1.165) is 10.5 Å². The van der Waals surface area contributed by atoms with Crippen molar-refractivity contribution in [3.63, 3.8) is 0 Å². The number of hydrogen-bond donors (Lipinski definition) is 2. The number of rotatable bonds is 7. The molecule has 1 aliphatic rings. The number of nitrogens with zero attached hydrogens (tertiary/aromatic N) is 1. The first kappa shape index (κ1) is 21.2. The zero-order valence-corrected chi connectivity index (χ0v) is 17.3. The number of fused-ring (bicyclic) bond motifs is 1. The maximum absolute atomic E-state index is 13.0. The van der Waals surface area contributed by atoms with Crippen LogP contribution in [0.15, 0.2) is 48.5 Å². The number of carbonyl (C=O) groups excluding carboxylic acids is 4. The van der Waals surface area contributed by atoms with Crippen LogP contribution in [-0.2, 0) is 16.1 Å². The Morgan fingerprint density at radius 2 is 1.53 bits per heavy atom. The predicted octanol–water partition coefficient (Wildman–Crippen LogP) is 2.97. The van der Waals surface area contributed by atoms with E-state index in [1.54, 1.807) is 48.5 Å². The Labute approximate surface area is 175 Å². The van der Waals surface area contributed by atoms with Crippen LogP contribution >= 0.6 is 0 Å². The first-order chi connectivity index (χ1) is 14.3. The van der Waals surface area contributed by atoms with Gasteiger partial charge in [-0.25, -0.2) is 0 Å². The van der Waals surface area contributed by atoms with Crippen LogP contribution in [0, 0.1) is 5.92 Å². The summed E-state index contributed by atoms with van der Waals surface area (Å²) >= 11 is 0. The fourth-order valence-corrected chi connectivity index (χ4v) is 3.52. The van der Waals surface area contributed by atoms with Gasteiger partial charge in [-0.1, -0.05) is 44.5 Å². The summed E-state index contributed by atoms with van der Waals surface area (Å²) in [6.45, 7) is 5.46. The molecule has 0 radical (unpaired) electrons. The van der Waals surface area contributed by atoms with Crippen molar-refractivity contribution in [2.45, 2.75) is 39.8 Å². The molecule has 7 heteroatoms. The molecule has 2 atom stereocenters. The second-order valence-electron chi connectivity index (χ2n) is 7.45. The molecular weight excluding hydrogens is 382 g/mol. The first-order valence-corrected chi connectivity index (χ1v) is 9.94. The van der Waals surface area contributed by atoms with Gasteiger partial charge in [0.1, 0.15) is 6.04 Å². The first-order valence-electron chi connectivity index (χ1n) is 9.94. The highest BCUT2D eigenvalue weighted by molar-refractivity contribution is 6.22. The molecule has 0 saturated carbocycles. The minimum atomic E-state index is -0.888. The zero-order chi connectivity index (χ0) is 21.8. The van der Waals surface area contributed by atoms with Crippen LogP contribution in [0.4, 0.5) is 5.69 Å². The Morgan fingerprint density at radius 1 is 0.967 bits per heavy atom. The van der Waals surface area contributed by atoms with Gasteiger partial charge in [0.15, 0.2) is 0 Å². The average molecular weight is 407 g/mol. The number of anilines is 1. The number of hydrogen-bond acceptors (Lipinski definition) is 4. The molecule has 0 bridgehead atoms. The van der Waals surface area contributed by atoms with Crippen LogP contribution in [0.5, 0.6) is 0 Å². The lowest BCUT2D eigenvalue weighted by Crippen LogP contribution is -2.52. The Balaban J connectivity index is 1.75. The van der Waals surface area contributed by atoms with Gasteiger partial charge in [0.05, 0.1) is 11.1 Å². The van der Waals surface area contributed by atoms with Crippen LogP contribution < -0.4 is 10.6 Å². The SMILES string of the molecule is CC[C@H](C)[C@@H](C(=O)NCc1ccc(NC(C)=O)cc1)N1C(=O)c2ccccc2C1=O. The van der Waals surface area contributed by atoms with E-state index >= 15 is 0 Å². The van der Waals surface area contributed by atoms with Gasteiger partial charge in [0, 0.05) is 19.2 Å². The largest absolute Gasteiger partial charge is 0.350 e. The van der Waals surface area contributed by atoms with Crippen LogP contribution in [0.25, 0.3) is 0 Å². The summed E-state index contributed by atoms with van der Waals surface area (Å²) in [6.07, 6.45) is 0.636. The summed E-state index contributed by atoms with van der Waals surface area (Å²) in [5, 5.41) is 5.53. The smallest absolute Gasteiger partial charge is 0.262 e. The lowest BCUT2D eigenvalue weighted by Gasteiger charge is -2.29. The molecule has 0 aliphatic carbocycles. The van der Waals surface area contributed by atoms with Crippen molar-refractivity contribution in [1.82, 2.24) is 10.2 Å². The topological polar surface area (TPSA) is 95.6 Å².